The van der Waals surface area contributed by atoms with E-state index in [1.807, 2.05) is 17.9 Å². The highest BCUT2D eigenvalue weighted by Gasteiger charge is 2.23. The molecule has 3 heterocycles. The molecule has 106 valence electrons. The molecule has 6 heteroatoms. The molecule has 1 fully saturated rings. The van der Waals surface area contributed by atoms with Gasteiger partial charge in [-0.1, -0.05) is 11.6 Å². The van der Waals surface area contributed by atoms with Crippen molar-refractivity contribution in [1.82, 2.24) is 19.6 Å². The Kier molecular flexibility index (Phi) is 3.63. The number of nitrogens with zero attached hydrogens (tertiary/aromatic N) is 3. The van der Waals surface area contributed by atoms with Gasteiger partial charge in [-0.25, -0.2) is 4.98 Å². The zero-order chi connectivity index (χ0) is 14.1. The number of rotatable bonds is 1. The van der Waals surface area contributed by atoms with Crippen LogP contribution in [0.15, 0.2) is 18.3 Å². The molecule has 0 radical (unpaired) electrons. The molecule has 0 spiro atoms. The first-order chi connectivity index (χ1) is 9.66. The third-order valence-corrected chi connectivity index (χ3v) is 3.81. The Balaban J connectivity index is 2.01. The van der Waals surface area contributed by atoms with Crippen molar-refractivity contribution in [1.29, 1.82) is 0 Å². The van der Waals surface area contributed by atoms with Crippen LogP contribution >= 0.6 is 11.6 Å². The molecule has 2 aromatic rings. The van der Waals surface area contributed by atoms with Gasteiger partial charge >= 0.3 is 0 Å². The largest absolute Gasteiger partial charge is 0.336 e. The molecule has 0 unspecified atom stereocenters. The lowest BCUT2D eigenvalue weighted by Crippen LogP contribution is -2.35. The monoisotopic (exact) mass is 292 g/mol. The summed E-state index contributed by atoms with van der Waals surface area (Å²) in [6.45, 7) is 5.17. The van der Waals surface area contributed by atoms with Gasteiger partial charge < -0.3 is 10.2 Å². The summed E-state index contributed by atoms with van der Waals surface area (Å²) in [4.78, 5) is 19.1. The summed E-state index contributed by atoms with van der Waals surface area (Å²) in [5.41, 5.74) is 2.11. The van der Waals surface area contributed by atoms with Gasteiger partial charge in [0.25, 0.3) is 5.91 Å². The Morgan fingerprint density at radius 3 is 3.05 bits per heavy atom. The molecule has 0 atom stereocenters. The van der Waals surface area contributed by atoms with Crippen LogP contribution in [0.4, 0.5) is 0 Å². The number of carbonyl (C=O) groups excluding carboxylic acids is 1. The smallest absolute Gasteiger partial charge is 0.272 e. The molecule has 0 aromatic carbocycles. The minimum absolute atomic E-state index is 0.0287. The second-order valence-corrected chi connectivity index (χ2v) is 5.45. The number of amides is 1. The van der Waals surface area contributed by atoms with Crippen LogP contribution < -0.4 is 5.32 Å². The van der Waals surface area contributed by atoms with Gasteiger partial charge in [-0.15, -0.1) is 0 Å². The van der Waals surface area contributed by atoms with E-state index in [2.05, 4.69) is 10.3 Å². The molecule has 20 heavy (non-hydrogen) atoms. The molecule has 3 rings (SSSR count). The first kappa shape index (κ1) is 13.4. The molecular weight excluding hydrogens is 276 g/mol. The van der Waals surface area contributed by atoms with Gasteiger partial charge in [0.15, 0.2) is 0 Å². The molecule has 1 aliphatic heterocycles. The Morgan fingerprint density at radius 1 is 1.35 bits per heavy atom. The van der Waals surface area contributed by atoms with Crippen molar-refractivity contribution in [3.8, 4) is 0 Å². The lowest BCUT2D eigenvalue weighted by atomic mass is 10.3. The van der Waals surface area contributed by atoms with Crippen LogP contribution in [0.1, 0.15) is 22.6 Å². The van der Waals surface area contributed by atoms with E-state index in [1.165, 1.54) is 0 Å². The second-order valence-electron chi connectivity index (χ2n) is 5.02. The highest BCUT2D eigenvalue weighted by molar-refractivity contribution is 6.30. The average Bonchev–Trinajstić information content (AvgIpc) is 2.63. The molecule has 0 saturated carbocycles. The Hall–Kier alpha value is -1.59. The first-order valence-electron chi connectivity index (χ1n) is 6.81. The molecule has 0 bridgehead atoms. The van der Waals surface area contributed by atoms with E-state index in [9.17, 15) is 4.79 Å². The Bertz CT molecular complexity index is 644. The quantitative estimate of drug-likeness (QED) is 0.871. The zero-order valence-corrected chi connectivity index (χ0v) is 12.2. The number of pyridine rings is 1. The SMILES string of the molecule is Cc1nc2ccc(Cl)cn2c1C(=O)N1CCCNCC1. The maximum absolute atomic E-state index is 12.8. The summed E-state index contributed by atoms with van der Waals surface area (Å²) in [5, 5.41) is 3.90. The van der Waals surface area contributed by atoms with E-state index in [0.29, 0.717) is 10.7 Å². The number of imidazole rings is 1. The van der Waals surface area contributed by atoms with E-state index >= 15 is 0 Å². The van der Waals surface area contributed by atoms with Crippen molar-refractivity contribution < 1.29 is 4.79 Å². The fourth-order valence-electron chi connectivity index (χ4n) is 2.59. The van der Waals surface area contributed by atoms with Crippen LogP contribution in [-0.2, 0) is 0 Å². The number of nitrogens with one attached hydrogen (secondary N) is 1. The summed E-state index contributed by atoms with van der Waals surface area (Å²) < 4.78 is 1.79. The minimum atomic E-state index is 0.0287. The average molecular weight is 293 g/mol. The number of halogens is 1. The fraction of sp³-hybridized carbons (Fsp3) is 0.429. The predicted molar refractivity (Wildman–Crippen MR) is 78.3 cm³/mol. The third kappa shape index (κ3) is 2.39. The summed E-state index contributed by atoms with van der Waals surface area (Å²) >= 11 is 6.03. The third-order valence-electron chi connectivity index (χ3n) is 3.59. The van der Waals surface area contributed by atoms with Crippen LogP contribution in [0, 0.1) is 6.92 Å². The second kappa shape index (κ2) is 5.42. The fourth-order valence-corrected chi connectivity index (χ4v) is 2.75. The van der Waals surface area contributed by atoms with Crippen LogP contribution in [-0.4, -0.2) is 46.4 Å². The van der Waals surface area contributed by atoms with Crippen LogP contribution in [0.25, 0.3) is 5.65 Å². The van der Waals surface area contributed by atoms with Crippen LogP contribution in [0.2, 0.25) is 5.02 Å². The summed E-state index contributed by atoms with van der Waals surface area (Å²) in [6.07, 6.45) is 2.72. The molecular formula is C14H17ClN4O. The van der Waals surface area contributed by atoms with Crippen LogP contribution in [0.5, 0.6) is 0 Å². The molecule has 1 N–H and O–H groups in total. The predicted octanol–water partition coefficient (Wildman–Crippen LogP) is 1.73. The van der Waals surface area contributed by atoms with Gasteiger partial charge in [-0.3, -0.25) is 9.20 Å². The maximum atomic E-state index is 12.8. The number of aromatic nitrogens is 2. The maximum Gasteiger partial charge on any atom is 0.272 e. The number of hydrogen-bond acceptors (Lipinski definition) is 3. The number of aryl methyl sites for hydroxylation is 1. The van der Waals surface area contributed by atoms with E-state index in [-0.39, 0.29) is 5.91 Å². The van der Waals surface area contributed by atoms with Gasteiger partial charge in [-0.05, 0) is 32.0 Å². The minimum Gasteiger partial charge on any atom is -0.336 e. The van der Waals surface area contributed by atoms with E-state index in [1.54, 1.807) is 16.7 Å². The van der Waals surface area contributed by atoms with E-state index < -0.39 is 0 Å². The number of fused-ring (bicyclic) bond motifs is 1. The topological polar surface area (TPSA) is 49.6 Å². The molecule has 1 aliphatic rings. The highest BCUT2D eigenvalue weighted by atomic mass is 35.5. The molecule has 0 aliphatic carbocycles. The normalized spacial score (nSPS) is 16.4. The van der Waals surface area contributed by atoms with Crippen molar-refractivity contribution in [3.63, 3.8) is 0 Å². The Morgan fingerprint density at radius 2 is 2.20 bits per heavy atom. The lowest BCUT2D eigenvalue weighted by Gasteiger charge is -2.20. The van der Waals surface area contributed by atoms with Crippen molar-refractivity contribution in [2.75, 3.05) is 26.2 Å². The van der Waals surface area contributed by atoms with E-state index in [4.69, 9.17) is 11.6 Å². The number of carbonyl (C=O) groups is 1. The van der Waals surface area contributed by atoms with Crippen molar-refractivity contribution in [2.24, 2.45) is 0 Å². The number of hydrogen-bond donors (Lipinski definition) is 1. The van der Waals surface area contributed by atoms with Crippen molar-refractivity contribution in [3.05, 3.63) is 34.7 Å². The first-order valence-corrected chi connectivity index (χ1v) is 7.19. The van der Waals surface area contributed by atoms with E-state index in [0.717, 1.165) is 43.9 Å². The summed E-state index contributed by atoms with van der Waals surface area (Å²) in [6, 6.07) is 3.61. The highest BCUT2D eigenvalue weighted by Crippen LogP contribution is 2.18. The van der Waals surface area contributed by atoms with Gasteiger partial charge in [0.2, 0.25) is 0 Å². The Labute approximate surface area is 122 Å². The molecule has 1 amide bonds. The van der Waals surface area contributed by atoms with Gasteiger partial charge in [-0.2, -0.15) is 0 Å². The zero-order valence-electron chi connectivity index (χ0n) is 11.4. The lowest BCUT2D eigenvalue weighted by molar-refractivity contribution is 0.0758. The molecule has 1 saturated heterocycles. The van der Waals surface area contributed by atoms with Crippen LogP contribution in [0.3, 0.4) is 0 Å². The standard InChI is InChI=1S/C14H17ClN4O/c1-10-13(14(20)18-7-2-5-16-6-8-18)19-9-11(15)3-4-12(19)17-10/h3-4,9,16H,2,5-8H2,1H3. The molecule has 5 nitrogen and oxygen atoms in total. The van der Waals surface area contributed by atoms with Crippen molar-refractivity contribution >= 4 is 23.2 Å². The van der Waals surface area contributed by atoms with Gasteiger partial charge in [0, 0.05) is 25.8 Å². The van der Waals surface area contributed by atoms with Crippen molar-refractivity contribution in [2.45, 2.75) is 13.3 Å². The summed E-state index contributed by atoms with van der Waals surface area (Å²) in [5.74, 6) is 0.0287. The van der Waals surface area contributed by atoms with Gasteiger partial charge in [0.1, 0.15) is 11.3 Å². The van der Waals surface area contributed by atoms with Gasteiger partial charge in [0.05, 0.1) is 10.7 Å². The molecule has 2 aromatic heterocycles. The summed E-state index contributed by atoms with van der Waals surface area (Å²) in [7, 11) is 0.